The van der Waals surface area contributed by atoms with Gasteiger partial charge in [-0.1, -0.05) is 12.8 Å². The zero-order chi connectivity index (χ0) is 18.2. The van der Waals surface area contributed by atoms with Crippen LogP contribution >= 0.6 is 0 Å². The van der Waals surface area contributed by atoms with Gasteiger partial charge in [0, 0.05) is 24.4 Å². The monoisotopic (exact) mass is 353 g/mol. The van der Waals surface area contributed by atoms with Crippen molar-refractivity contribution in [3.63, 3.8) is 0 Å². The summed E-state index contributed by atoms with van der Waals surface area (Å²) in [5.74, 6) is -1.37. The van der Waals surface area contributed by atoms with E-state index in [0.717, 1.165) is 6.42 Å². The number of hydrogen-bond donors (Lipinski definition) is 2. The lowest BCUT2D eigenvalue weighted by molar-refractivity contribution is -0.146. The molecule has 0 radical (unpaired) electrons. The lowest BCUT2D eigenvalue weighted by Gasteiger charge is -2.29. The van der Waals surface area contributed by atoms with Gasteiger partial charge in [-0.2, -0.15) is 13.2 Å². The van der Waals surface area contributed by atoms with Gasteiger partial charge in [0.25, 0.3) is 5.91 Å². The lowest BCUT2D eigenvalue weighted by atomic mass is 9.78. The molecule has 1 aliphatic rings. The molecule has 0 bridgehead atoms. The van der Waals surface area contributed by atoms with Gasteiger partial charge in [0.15, 0.2) is 5.43 Å². The predicted molar refractivity (Wildman–Crippen MR) is 86.3 cm³/mol. The molecule has 25 heavy (non-hydrogen) atoms. The molecule has 3 N–H and O–H groups in total. The van der Waals surface area contributed by atoms with Crippen LogP contribution in [0.5, 0.6) is 0 Å². The normalized spacial score (nSPS) is 21.4. The molecule has 3 rings (SSSR count). The first kappa shape index (κ1) is 17.4. The summed E-state index contributed by atoms with van der Waals surface area (Å²) in [6.45, 7) is 0. The number of H-pyrrole nitrogens is 1. The maximum atomic E-state index is 12.7. The maximum Gasteiger partial charge on any atom is 0.389 e. The van der Waals surface area contributed by atoms with Crippen molar-refractivity contribution in [3.05, 3.63) is 39.9 Å². The Hall–Kier alpha value is -2.38. The highest BCUT2D eigenvalue weighted by atomic mass is 19.4. The molecule has 8 heteroatoms. The number of aromatic amines is 1. The molecule has 1 amide bonds. The molecule has 1 aliphatic carbocycles. The van der Waals surface area contributed by atoms with Crippen molar-refractivity contribution in [2.75, 3.05) is 0 Å². The third kappa shape index (κ3) is 3.83. The number of carbonyl (C=O) groups excluding carboxylic acids is 1. The number of pyridine rings is 2. The van der Waals surface area contributed by atoms with Crippen molar-refractivity contribution in [1.82, 2.24) is 9.97 Å². The molecule has 0 saturated heterocycles. The minimum Gasteiger partial charge on any atom is -0.364 e. The van der Waals surface area contributed by atoms with Crippen LogP contribution in [0.3, 0.4) is 0 Å². The second kappa shape index (κ2) is 6.50. The number of nitrogens with one attached hydrogen (secondary N) is 1. The number of carbonyl (C=O) groups is 1. The number of nitrogens with two attached hydrogens (primary N) is 1. The van der Waals surface area contributed by atoms with Gasteiger partial charge in [-0.3, -0.25) is 14.6 Å². The smallest absolute Gasteiger partial charge is 0.364 e. The Morgan fingerprint density at radius 3 is 2.80 bits per heavy atom. The van der Waals surface area contributed by atoms with Crippen LogP contribution in [0.2, 0.25) is 0 Å². The quantitative estimate of drug-likeness (QED) is 0.888. The molecule has 2 aromatic heterocycles. The van der Waals surface area contributed by atoms with Crippen LogP contribution in [-0.4, -0.2) is 22.1 Å². The molecule has 5 nitrogen and oxygen atoms in total. The van der Waals surface area contributed by atoms with Crippen LogP contribution in [0.25, 0.3) is 10.9 Å². The van der Waals surface area contributed by atoms with Gasteiger partial charge in [0.1, 0.15) is 5.69 Å². The van der Waals surface area contributed by atoms with E-state index < -0.39 is 29.9 Å². The molecule has 2 atom stereocenters. The van der Waals surface area contributed by atoms with Crippen LogP contribution in [0.4, 0.5) is 13.2 Å². The number of fused-ring (bicyclic) bond motifs is 1. The Morgan fingerprint density at radius 1 is 1.36 bits per heavy atom. The summed E-state index contributed by atoms with van der Waals surface area (Å²) >= 11 is 0. The Kier molecular flexibility index (Phi) is 4.53. The van der Waals surface area contributed by atoms with Crippen molar-refractivity contribution >= 4 is 16.8 Å². The Bertz CT molecular complexity index is 860. The zero-order valence-corrected chi connectivity index (χ0v) is 13.4. The average Bonchev–Trinajstić information content (AvgIpc) is 2.52. The molecule has 2 heterocycles. The largest absolute Gasteiger partial charge is 0.389 e. The van der Waals surface area contributed by atoms with Crippen molar-refractivity contribution in [2.24, 2.45) is 11.7 Å². The van der Waals surface area contributed by atoms with Crippen LogP contribution in [0, 0.1) is 5.92 Å². The van der Waals surface area contributed by atoms with Crippen molar-refractivity contribution in [2.45, 2.75) is 44.2 Å². The van der Waals surface area contributed by atoms with E-state index in [-0.39, 0.29) is 17.0 Å². The van der Waals surface area contributed by atoms with Gasteiger partial charge in [-0.15, -0.1) is 0 Å². The number of hydrogen-bond acceptors (Lipinski definition) is 3. The summed E-state index contributed by atoms with van der Waals surface area (Å²) in [5.41, 5.74) is 5.76. The molecule has 1 saturated carbocycles. The van der Waals surface area contributed by atoms with Gasteiger partial charge in [-0.05, 0) is 30.7 Å². The molecule has 0 aromatic carbocycles. The van der Waals surface area contributed by atoms with E-state index in [1.165, 1.54) is 12.3 Å². The number of primary amides is 1. The number of aromatic nitrogens is 2. The van der Waals surface area contributed by atoms with Crippen LogP contribution in [0.1, 0.15) is 54.2 Å². The molecule has 0 spiro atoms. The second-order valence-corrected chi connectivity index (χ2v) is 6.58. The van der Waals surface area contributed by atoms with Crippen molar-refractivity contribution in [3.8, 4) is 0 Å². The number of amides is 1. The van der Waals surface area contributed by atoms with Crippen LogP contribution < -0.4 is 11.2 Å². The van der Waals surface area contributed by atoms with E-state index in [4.69, 9.17) is 5.73 Å². The fourth-order valence-corrected chi connectivity index (χ4v) is 3.71. The molecule has 0 unspecified atom stereocenters. The number of halogens is 3. The van der Waals surface area contributed by atoms with Gasteiger partial charge in [-0.25, -0.2) is 0 Å². The molecule has 2 aromatic rings. The highest BCUT2D eigenvalue weighted by Gasteiger charge is 2.35. The van der Waals surface area contributed by atoms with Crippen molar-refractivity contribution < 1.29 is 18.0 Å². The van der Waals surface area contributed by atoms with E-state index in [0.29, 0.717) is 30.5 Å². The van der Waals surface area contributed by atoms with Crippen LogP contribution in [0.15, 0.2) is 23.1 Å². The van der Waals surface area contributed by atoms with E-state index in [2.05, 4.69) is 9.97 Å². The minimum atomic E-state index is -4.18. The summed E-state index contributed by atoms with van der Waals surface area (Å²) in [4.78, 5) is 30.8. The lowest BCUT2D eigenvalue weighted by Crippen LogP contribution is -2.23. The molecule has 134 valence electrons. The first-order chi connectivity index (χ1) is 11.7. The molecular weight excluding hydrogens is 335 g/mol. The molecule has 0 aliphatic heterocycles. The summed E-state index contributed by atoms with van der Waals surface area (Å²) in [6, 6.07) is 2.92. The Balaban J connectivity index is 1.94. The summed E-state index contributed by atoms with van der Waals surface area (Å²) in [6.07, 6.45) is -1.26. The fourth-order valence-electron chi connectivity index (χ4n) is 3.71. The van der Waals surface area contributed by atoms with E-state index >= 15 is 0 Å². The van der Waals surface area contributed by atoms with Gasteiger partial charge < -0.3 is 10.7 Å². The molecule has 1 fully saturated rings. The summed E-state index contributed by atoms with van der Waals surface area (Å²) in [5, 5.41) is 0.112. The highest BCUT2D eigenvalue weighted by molar-refractivity contribution is 6.03. The summed E-state index contributed by atoms with van der Waals surface area (Å²) < 4.78 is 38.0. The fraction of sp³-hybridized carbons (Fsp3) is 0.471. The standard InChI is InChI=1S/C17H18F3N3O2/c18-17(19,20)8-9-2-1-3-10(6-9)12-7-13(24)14-11(23-12)4-5-22-15(14)16(21)25/h4-5,7,9-10H,1-3,6,8H2,(H2,21,25)(H,23,24)/t9-,10+/m1/s1. The topological polar surface area (TPSA) is 88.8 Å². The van der Waals surface area contributed by atoms with Crippen LogP contribution in [-0.2, 0) is 0 Å². The third-order valence-electron chi connectivity index (χ3n) is 4.74. The SMILES string of the molecule is NC(=O)c1nccc2[nH]c([C@H]3CCC[C@@H](CC(F)(F)F)C3)cc(=O)c12. The minimum absolute atomic E-state index is 0.108. The van der Waals surface area contributed by atoms with Crippen molar-refractivity contribution in [1.29, 1.82) is 0 Å². The predicted octanol–water partition coefficient (Wildman–Crippen LogP) is 3.25. The van der Waals surface area contributed by atoms with Gasteiger partial charge >= 0.3 is 6.18 Å². The zero-order valence-electron chi connectivity index (χ0n) is 13.4. The number of nitrogens with zero attached hydrogens (tertiary/aromatic N) is 1. The first-order valence-electron chi connectivity index (χ1n) is 8.13. The average molecular weight is 353 g/mol. The first-order valence-corrected chi connectivity index (χ1v) is 8.13. The van der Waals surface area contributed by atoms with E-state index in [1.807, 2.05) is 0 Å². The van der Waals surface area contributed by atoms with E-state index in [9.17, 15) is 22.8 Å². The molecular formula is C17H18F3N3O2. The number of rotatable bonds is 3. The highest BCUT2D eigenvalue weighted by Crippen LogP contribution is 2.40. The van der Waals surface area contributed by atoms with Gasteiger partial charge in [0.05, 0.1) is 10.9 Å². The second-order valence-electron chi connectivity index (χ2n) is 6.58. The third-order valence-corrected chi connectivity index (χ3v) is 4.74. The van der Waals surface area contributed by atoms with Gasteiger partial charge in [0.2, 0.25) is 0 Å². The Morgan fingerprint density at radius 2 is 2.12 bits per heavy atom. The number of alkyl halides is 3. The Labute approximate surface area is 141 Å². The van der Waals surface area contributed by atoms with E-state index in [1.54, 1.807) is 6.07 Å². The maximum absolute atomic E-state index is 12.7. The summed E-state index contributed by atoms with van der Waals surface area (Å²) in [7, 11) is 0.